The fourth-order valence-corrected chi connectivity index (χ4v) is 5.14. The minimum absolute atomic E-state index is 0.0353. The van der Waals surface area contributed by atoms with E-state index in [2.05, 4.69) is 9.71 Å². The fraction of sp³-hybridized carbons (Fsp3) is 0.417. The molecule has 1 aliphatic rings. The van der Waals surface area contributed by atoms with Gasteiger partial charge in [-0.25, -0.2) is 27.0 Å². The number of aliphatic hydroxyl groups excluding tert-OH is 1. The number of nitrogens with one attached hydrogen (secondary N) is 1. The Balaban J connectivity index is 1.68. The molecule has 2 heterocycles. The van der Waals surface area contributed by atoms with Crippen molar-refractivity contribution in [1.29, 1.82) is 5.26 Å². The number of aliphatic hydroxyl groups is 1. The summed E-state index contributed by atoms with van der Waals surface area (Å²) in [4.78, 5) is 30.2. The molecule has 2 N–H and O–H groups in total. The molecule has 2 aromatic rings. The number of hydrogen-bond donors (Lipinski definition) is 2. The van der Waals surface area contributed by atoms with Gasteiger partial charge in [-0.05, 0) is 37.0 Å². The number of piperidine rings is 1. The average Bonchev–Trinajstić information content (AvgIpc) is 2.88. The highest BCUT2D eigenvalue weighted by Crippen LogP contribution is 2.30. The Labute approximate surface area is 212 Å². The lowest BCUT2D eigenvalue weighted by Crippen LogP contribution is -2.43. The number of carbonyl (C=O) groups excluding carboxylic acids is 2. The Morgan fingerprint density at radius 1 is 1.24 bits per heavy atom. The van der Waals surface area contributed by atoms with Crippen LogP contribution >= 0.6 is 0 Å². The van der Waals surface area contributed by atoms with E-state index in [0.717, 1.165) is 6.07 Å². The number of alkyl halides is 2. The number of hydrogen-bond acceptors (Lipinski definition) is 9. The molecule has 1 amide bonds. The zero-order valence-electron chi connectivity index (χ0n) is 20.0. The summed E-state index contributed by atoms with van der Waals surface area (Å²) in [5, 5.41) is 18.6. The molecule has 37 heavy (non-hydrogen) atoms. The second-order valence-corrected chi connectivity index (χ2v) is 10.1. The van der Waals surface area contributed by atoms with Gasteiger partial charge in [0.15, 0.2) is 0 Å². The van der Waals surface area contributed by atoms with Gasteiger partial charge in [-0.15, -0.1) is 0 Å². The van der Waals surface area contributed by atoms with Gasteiger partial charge in [0.25, 0.3) is 6.43 Å². The average molecular weight is 537 g/mol. The predicted molar refractivity (Wildman–Crippen MR) is 128 cm³/mol. The molecule has 0 saturated carbocycles. The molecular weight excluding hydrogens is 510 g/mol. The molecule has 1 aromatic heterocycles. The second kappa shape index (κ2) is 12.1. The lowest BCUT2D eigenvalue weighted by molar-refractivity contribution is -0.123. The molecule has 198 valence electrons. The normalized spacial score (nSPS) is 14.3. The SMILES string of the molecule is CCOC(=O)c1cc(C#N)c(N2CCC(C(=O)NS(=O)(=O)Cc3ccc(CO)cc3)CC2)nc1C(F)F. The van der Waals surface area contributed by atoms with Crippen LogP contribution < -0.4 is 9.62 Å². The number of pyridine rings is 1. The van der Waals surface area contributed by atoms with E-state index >= 15 is 0 Å². The van der Waals surface area contributed by atoms with E-state index in [-0.39, 0.29) is 50.5 Å². The maximum Gasteiger partial charge on any atom is 0.340 e. The van der Waals surface area contributed by atoms with Crippen LogP contribution in [0.3, 0.4) is 0 Å². The van der Waals surface area contributed by atoms with Crippen LogP contribution in [-0.4, -0.2) is 50.1 Å². The van der Waals surface area contributed by atoms with Crippen LogP contribution in [0.15, 0.2) is 30.3 Å². The number of nitriles is 1. The standard InChI is InChI=1S/C24H26F2N4O6S/c1-2-36-24(33)19-11-18(12-27)22(28-20(19)21(25)26)30-9-7-17(8-10-30)23(32)29-37(34,35)14-16-5-3-15(13-31)4-6-16/h3-6,11,17,21,31H,2,7-10,13-14H2,1H3,(H,29,32). The van der Waals surface area contributed by atoms with Crippen molar-refractivity contribution in [2.45, 2.75) is 38.6 Å². The van der Waals surface area contributed by atoms with E-state index in [1.165, 1.54) is 6.92 Å². The number of sulfonamides is 1. The van der Waals surface area contributed by atoms with Crippen LogP contribution in [0, 0.1) is 17.2 Å². The Morgan fingerprint density at radius 3 is 2.41 bits per heavy atom. The summed E-state index contributed by atoms with van der Waals surface area (Å²) in [6.45, 7) is 1.63. The van der Waals surface area contributed by atoms with Gasteiger partial charge in [0.05, 0.1) is 30.1 Å². The molecule has 13 heteroatoms. The first-order chi connectivity index (χ1) is 17.6. The van der Waals surface area contributed by atoms with E-state index in [1.54, 1.807) is 29.2 Å². The molecule has 1 aromatic carbocycles. The van der Waals surface area contributed by atoms with Gasteiger partial charge in [-0.1, -0.05) is 24.3 Å². The third-order valence-corrected chi connectivity index (χ3v) is 7.06. The molecule has 1 fully saturated rings. The third kappa shape index (κ3) is 6.99. The van der Waals surface area contributed by atoms with Crippen LogP contribution in [0.25, 0.3) is 0 Å². The van der Waals surface area contributed by atoms with Crippen molar-refractivity contribution in [3.8, 4) is 6.07 Å². The number of nitrogens with zero attached hydrogens (tertiary/aromatic N) is 3. The lowest BCUT2D eigenvalue weighted by Gasteiger charge is -2.33. The summed E-state index contributed by atoms with van der Waals surface area (Å²) >= 11 is 0. The van der Waals surface area contributed by atoms with Crippen molar-refractivity contribution >= 4 is 27.7 Å². The van der Waals surface area contributed by atoms with E-state index in [4.69, 9.17) is 9.84 Å². The van der Waals surface area contributed by atoms with Crippen LogP contribution in [-0.2, 0) is 31.9 Å². The number of halogens is 2. The van der Waals surface area contributed by atoms with E-state index in [1.807, 2.05) is 6.07 Å². The van der Waals surface area contributed by atoms with Crippen molar-refractivity contribution in [1.82, 2.24) is 9.71 Å². The van der Waals surface area contributed by atoms with Gasteiger partial charge >= 0.3 is 5.97 Å². The number of aromatic nitrogens is 1. The molecule has 0 bridgehead atoms. The van der Waals surface area contributed by atoms with Crippen molar-refractivity contribution in [3.63, 3.8) is 0 Å². The van der Waals surface area contributed by atoms with Crippen LogP contribution in [0.1, 0.15) is 58.9 Å². The minimum Gasteiger partial charge on any atom is -0.462 e. The molecule has 1 saturated heterocycles. The molecule has 1 aliphatic heterocycles. The predicted octanol–water partition coefficient (Wildman–Crippen LogP) is 2.42. The highest BCUT2D eigenvalue weighted by molar-refractivity contribution is 7.89. The molecular formula is C24H26F2N4O6S. The van der Waals surface area contributed by atoms with Crippen LogP contribution in [0.5, 0.6) is 0 Å². The first-order valence-corrected chi connectivity index (χ1v) is 13.1. The van der Waals surface area contributed by atoms with E-state index < -0.39 is 51.3 Å². The highest BCUT2D eigenvalue weighted by atomic mass is 32.2. The lowest BCUT2D eigenvalue weighted by atomic mass is 9.96. The summed E-state index contributed by atoms with van der Waals surface area (Å²) in [5.74, 6) is -2.78. The molecule has 0 radical (unpaired) electrons. The highest BCUT2D eigenvalue weighted by Gasteiger charge is 2.31. The summed E-state index contributed by atoms with van der Waals surface area (Å²) in [5.41, 5.74) is -0.302. The summed E-state index contributed by atoms with van der Waals surface area (Å²) in [6, 6.07) is 9.17. The van der Waals surface area contributed by atoms with Gasteiger partial charge in [0, 0.05) is 19.0 Å². The van der Waals surface area contributed by atoms with Gasteiger partial charge in [-0.3, -0.25) is 9.52 Å². The number of anilines is 1. The molecule has 0 aliphatic carbocycles. The zero-order valence-corrected chi connectivity index (χ0v) is 20.8. The monoisotopic (exact) mass is 536 g/mol. The summed E-state index contributed by atoms with van der Waals surface area (Å²) < 4.78 is 59.1. The van der Waals surface area contributed by atoms with Gasteiger partial charge in [0.2, 0.25) is 15.9 Å². The number of rotatable bonds is 9. The largest absolute Gasteiger partial charge is 0.462 e. The number of carbonyl (C=O) groups is 2. The van der Waals surface area contributed by atoms with Gasteiger partial charge in [0.1, 0.15) is 17.6 Å². The third-order valence-electron chi connectivity index (χ3n) is 5.84. The first-order valence-electron chi connectivity index (χ1n) is 11.5. The number of benzene rings is 1. The Kier molecular flexibility index (Phi) is 9.12. The van der Waals surface area contributed by atoms with E-state index in [9.17, 15) is 32.0 Å². The summed E-state index contributed by atoms with van der Waals surface area (Å²) in [7, 11) is -3.97. The summed E-state index contributed by atoms with van der Waals surface area (Å²) in [6.07, 6.45) is -2.69. The maximum atomic E-state index is 13.6. The molecule has 0 atom stereocenters. The van der Waals surface area contributed by atoms with Crippen LogP contribution in [0.2, 0.25) is 0 Å². The maximum absolute atomic E-state index is 13.6. The first kappa shape index (κ1) is 27.9. The Bertz CT molecular complexity index is 1290. The zero-order chi connectivity index (χ0) is 27.2. The van der Waals surface area contributed by atoms with Crippen molar-refractivity contribution in [3.05, 3.63) is 58.3 Å². The van der Waals surface area contributed by atoms with Crippen LogP contribution in [0.4, 0.5) is 14.6 Å². The molecule has 10 nitrogen and oxygen atoms in total. The second-order valence-electron chi connectivity index (χ2n) is 8.39. The minimum atomic E-state index is -3.97. The number of esters is 1. The Hall–Kier alpha value is -3.63. The molecule has 3 rings (SSSR count). The van der Waals surface area contributed by atoms with Crippen molar-refractivity contribution in [2.24, 2.45) is 5.92 Å². The Morgan fingerprint density at radius 2 is 1.86 bits per heavy atom. The van der Waals surface area contributed by atoms with E-state index in [0.29, 0.717) is 11.1 Å². The number of ether oxygens (including phenoxy) is 1. The fourth-order valence-electron chi connectivity index (χ4n) is 3.97. The number of amides is 1. The van der Waals surface area contributed by atoms with Crippen molar-refractivity contribution in [2.75, 3.05) is 24.6 Å². The molecule has 0 unspecified atom stereocenters. The topological polar surface area (TPSA) is 150 Å². The van der Waals surface area contributed by atoms with Gasteiger partial charge in [-0.2, -0.15) is 5.26 Å². The molecule has 0 spiro atoms. The quantitative estimate of drug-likeness (QED) is 0.461. The smallest absolute Gasteiger partial charge is 0.340 e. The van der Waals surface area contributed by atoms with Gasteiger partial charge < -0.3 is 14.7 Å². The van der Waals surface area contributed by atoms with Crippen molar-refractivity contribution < 1.29 is 36.6 Å².